The van der Waals surface area contributed by atoms with Crippen LogP contribution in [0.5, 0.6) is 11.8 Å². The predicted molar refractivity (Wildman–Crippen MR) is 87.5 cm³/mol. The number of aryl methyl sites for hydroxylation is 1. The number of methoxy groups -OCH3 is 1. The number of aromatic nitrogens is 2. The Labute approximate surface area is 145 Å². The van der Waals surface area contributed by atoms with Crippen molar-refractivity contribution in [1.29, 1.82) is 0 Å². The Kier molecular flexibility index (Phi) is 4.87. The Morgan fingerprint density at radius 2 is 1.92 bits per heavy atom. The van der Waals surface area contributed by atoms with Gasteiger partial charge in [0.1, 0.15) is 11.9 Å². The summed E-state index contributed by atoms with van der Waals surface area (Å²) in [5, 5.41) is 7.69. The van der Waals surface area contributed by atoms with E-state index < -0.39 is 15.8 Å². The number of ether oxygens (including phenoxy) is 2. The van der Waals surface area contributed by atoms with E-state index in [4.69, 9.17) is 9.47 Å². The normalized spacial score (nSPS) is 18.3. The van der Waals surface area contributed by atoms with Gasteiger partial charge in [0.25, 0.3) is 0 Å². The fourth-order valence-corrected chi connectivity index (χ4v) is 4.40. The first-order valence-electron chi connectivity index (χ1n) is 7.71. The minimum absolute atomic E-state index is 0.110. The lowest BCUT2D eigenvalue weighted by Crippen LogP contribution is -2.31. The number of hydrogen-bond donors (Lipinski definition) is 0. The van der Waals surface area contributed by atoms with Crippen LogP contribution >= 0.6 is 0 Å². The topological polar surface area (TPSA) is 81.6 Å². The summed E-state index contributed by atoms with van der Waals surface area (Å²) in [6, 6.07) is 6.89. The van der Waals surface area contributed by atoms with E-state index in [1.165, 1.54) is 23.5 Å². The van der Waals surface area contributed by atoms with Gasteiger partial charge in [0.05, 0.1) is 18.6 Å². The molecule has 0 N–H and O–H groups in total. The van der Waals surface area contributed by atoms with E-state index in [-0.39, 0.29) is 17.5 Å². The van der Waals surface area contributed by atoms with Gasteiger partial charge in [0.15, 0.2) is 0 Å². The SMILES string of the molecule is COc1ccc(OC2CCN(S(=O)(=O)c3ccc(F)cc3C)C2)nn1. The minimum atomic E-state index is -3.69. The second-order valence-electron chi connectivity index (χ2n) is 5.72. The van der Waals surface area contributed by atoms with E-state index in [2.05, 4.69) is 10.2 Å². The molecule has 0 amide bonds. The van der Waals surface area contributed by atoms with Crippen LogP contribution in [0.1, 0.15) is 12.0 Å². The van der Waals surface area contributed by atoms with Crippen molar-refractivity contribution in [2.24, 2.45) is 0 Å². The Hall–Kier alpha value is -2.26. The quantitative estimate of drug-likeness (QED) is 0.801. The summed E-state index contributed by atoms with van der Waals surface area (Å²) in [4.78, 5) is 0.110. The summed E-state index contributed by atoms with van der Waals surface area (Å²) < 4.78 is 50.7. The molecule has 1 aromatic carbocycles. The summed E-state index contributed by atoms with van der Waals surface area (Å²) >= 11 is 0. The lowest BCUT2D eigenvalue weighted by atomic mass is 10.2. The molecule has 1 fully saturated rings. The van der Waals surface area contributed by atoms with Gasteiger partial charge in [-0.25, -0.2) is 12.8 Å². The van der Waals surface area contributed by atoms with E-state index in [1.807, 2.05) is 0 Å². The standard InChI is InChI=1S/C16H18FN3O4S/c1-11-9-12(17)3-4-14(11)25(21,22)20-8-7-13(10-20)24-16-6-5-15(23-2)18-19-16/h3-6,9,13H,7-8,10H2,1-2H3. The van der Waals surface area contributed by atoms with Gasteiger partial charge in [-0.15, -0.1) is 10.2 Å². The maximum Gasteiger partial charge on any atom is 0.243 e. The Bertz CT molecular complexity index is 858. The molecule has 9 heteroatoms. The van der Waals surface area contributed by atoms with E-state index in [0.29, 0.717) is 30.3 Å². The molecule has 2 heterocycles. The smallest absolute Gasteiger partial charge is 0.243 e. The van der Waals surface area contributed by atoms with Crippen LogP contribution in [0.15, 0.2) is 35.2 Å². The summed E-state index contributed by atoms with van der Waals surface area (Å²) in [6.07, 6.45) is 0.214. The van der Waals surface area contributed by atoms with E-state index >= 15 is 0 Å². The van der Waals surface area contributed by atoms with E-state index in [1.54, 1.807) is 19.1 Å². The highest BCUT2D eigenvalue weighted by molar-refractivity contribution is 7.89. The first-order chi connectivity index (χ1) is 11.9. The first-order valence-corrected chi connectivity index (χ1v) is 9.15. The fourth-order valence-electron chi connectivity index (χ4n) is 2.70. The van der Waals surface area contributed by atoms with Crippen molar-refractivity contribution in [2.75, 3.05) is 20.2 Å². The molecule has 1 atom stereocenters. The predicted octanol–water partition coefficient (Wildman–Crippen LogP) is 1.77. The van der Waals surface area contributed by atoms with Crippen molar-refractivity contribution in [3.8, 4) is 11.8 Å². The highest BCUT2D eigenvalue weighted by atomic mass is 32.2. The highest BCUT2D eigenvalue weighted by Crippen LogP contribution is 2.26. The van der Waals surface area contributed by atoms with Crippen molar-refractivity contribution >= 4 is 10.0 Å². The molecule has 0 saturated carbocycles. The number of hydrogen-bond acceptors (Lipinski definition) is 6. The van der Waals surface area contributed by atoms with Crippen molar-refractivity contribution in [2.45, 2.75) is 24.3 Å². The third-order valence-corrected chi connectivity index (χ3v) is 6.00. The van der Waals surface area contributed by atoms with Gasteiger partial charge in [-0.05, 0) is 37.1 Å². The lowest BCUT2D eigenvalue weighted by Gasteiger charge is -2.18. The Morgan fingerprint density at radius 3 is 2.56 bits per heavy atom. The highest BCUT2D eigenvalue weighted by Gasteiger charge is 2.34. The zero-order valence-corrected chi connectivity index (χ0v) is 14.7. The van der Waals surface area contributed by atoms with Gasteiger partial charge >= 0.3 is 0 Å². The van der Waals surface area contributed by atoms with Gasteiger partial charge in [0.2, 0.25) is 21.8 Å². The Morgan fingerprint density at radius 1 is 1.20 bits per heavy atom. The van der Waals surface area contributed by atoms with Gasteiger partial charge in [-0.3, -0.25) is 0 Å². The van der Waals surface area contributed by atoms with Crippen LogP contribution in [0.3, 0.4) is 0 Å². The summed E-state index contributed by atoms with van der Waals surface area (Å²) in [6.45, 7) is 2.10. The average Bonchev–Trinajstić information content (AvgIpc) is 3.04. The molecule has 0 bridgehead atoms. The minimum Gasteiger partial charge on any atom is -0.480 e. The van der Waals surface area contributed by atoms with Crippen molar-refractivity contribution in [1.82, 2.24) is 14.5 Å². The molecule has 1 saturated heterocycles. The number of halogens is 1. The van der Waals surface area contributed by atoms with E-state index in [0.717, 1.165) is 6.07 Å². The zero-order chi connectivity index (χ0) is 18.0. The molecule has 134 valence electrons. The van der Waals surface area contributed by atoms with Crippen LogP contribution in [-0.2, 0) is 10.0 Å². The molecular formula is C16H18FN3O4S. The second-order valence-corrected chi connectivity index (χ2v) is 7.62. The number of rotatable bonds is 5. The number of benzene rings is 1. The van der Waals surface area contributed by atoms with Crippen LogP contribution in [0, 0.1) is 12.7 Å². The first kappa shape index (κ1) is 17.6. The number of nitrogens with zero attached hydrogens (tertiary/aromatic N) is 3. The molecular weight excluding hydrogens is 349 g/mol. The Balaban J connectivity index is 1.70. The molecule has 25 heavy (non-hydrogen) atoms. The summed E-state index contributed by atoms with van der Waals surface area (Å²) in [7, 11) is -2.20. The maximum atomic E-state index is 13.2. The molecule has 7 nitrogen and oxygen atoms in total. The third kappa shape index (κ3) is 3.72. The molecule has 2 aromatic rings. The van der Waals surface area contributed by atoms with Crippen molar-refractivity contribution in [3.63, 3.8) is 0 Å². The molecule has 1 unspecified atom stereocenters. The summed E-state index contributed by atoms with van der Waals surface area (Å²) in [5.74, 6) is 0.218. The second kappa shape index (κ2) is 6.93. The van der Waals surface area contributed by atoms with Crippen molar-refractivity contribution < 1.29 is 22.3 Å². The van der Waals surface area contributed by atoms with Crippen LogP contribution in [0.2, 0.25) is 0 Å². The van der Waals surface area contributed by atoms with Crippen LogP contribution in [0.25, 0.3) is 0 Å². The van der Waals surface area contributed by atoms with Gasteiger partial charge in [-0.2, -0.15) is 4.31 Å². The zero-order valence-electron chi connectivity index (χ0n) is 13.8. The summed E-state index contributed by atoms with van der Waals surface area (Å²) in [5.41, 5.74) is 0.380. The third-order valence-electron chi connectivity index (χ3n) is 3.97. The largest absolute Gasteiger partial charge is 0.480 e. The van der Waals surface area contributed by atoms with Crippen LogP contribution < -0.4 is 9.47 Å². The molecule has 0 aliphatic carbocycles. The molecule has 3 rings (SSSR count). The molecule has 0 radical (unpaired) electrons. The number of sulfonamides is 1. The fraction of sp³-hybridized carbons (Fsp3) is 0.375. The van der Waals surface area contributed by atoms with Crippen molar-refractivity contribution in [3.05, 3.63) is 41.7 Å². The maximum absolute atomic E-state index is 13.2. The average molecular weight is 367 g/mol. The molecule has 0 spiro atoms. The van der Waals surface area contributed by atoms with E-state index in [9.17, 15) is 12.8 Å². The van der Waals surface area contributed by atoms with Gasteiger partial charge in [0, 0.05) is 18.7 Å². The van der Waals surface area contributed by atoms with Gasteiger partial charge in [-0.1, -0.05) is 0 Å². The monoisotopic (exact) mass is 367 g/mol. The van der Waals surface area contributed by atoms with Gasteiger partial charge < -0.3 is 9.47 Å². The van der Waals surface area contributed by atoms with Crippen LogP contribution in [0.4, 0.5) is 4.39 Å². The lowest BCUT2D eigenvalue weighted by molar-refractivity contribution is 0.203. The molecule has 1 aliphatic heterocycles. The molecule has 1 aliphatic rings. The molecule has 1 aromatic heterocycles. The van der Waals surface area contributed by atoms with Crippen LogP contribution in [-0.4, -0.2) is 49.2 Å².